The summed E-state index contributed by atoms with van der Waals surface area (Å²) in [6, 6.07) is 9.49. The van der Waals surface area contributed by atoms with E-state index in [9.17, 15) is 14.4 Å². The average molecular weight is 442 g/mol. The van der Waals surface area contributed by atoms with Crippen molar-refractivity contribution < 1.29 is 9.63 Å². The second-order valence-electron chi connectivity index (χ2n) is 7.90. The number of oxime groups is 1. The monoisotopic (exact) mass is 441 g/mol. The Balaban J connectivity index is 1.91. The molecule has 1 atom stereocenters. The Morgan fingerprint density at radius 1 is 1.19 bits per heavy atom. The maximum absolute atomic E-state index is 13.5. The molecule has 0 saturated heterocycles. The van der Waals surface area contributed by atoms with Crippen LogP contribution in [0.25, 0.3) is 0 Å². The van der Waals surface area contributed by atoms with Gasteiger partial charge in [-0.3, -0.25) is 19.1 Å². The fourth-order valence-corrected chi connectivity index (χ4v) is 3.71. The molecule has 9 nitrogen and oxygen atoms in total. The summed E-state index contributed by atoms with van der Waals surface area (Å²) in [4.78, 5) is 47.7. The minimum Gasteiger partial charge on any atom is -0.383 e. The van der Waals surface area contributed by atoms with Gasteiger partial charge >= 0.3 is 5.69 Å². The zero-order valence-corrected chi connectivity index (χ0v) is 18.7. The van der Waals surface area contributed by atoms with Gasteiger partial charge in [0.25, 0.3) is 11.5 Å². The first kappa shape index (κ1) is 23.3. The number of nitrogens with one attached hydrogen (secondary N) is 1. The number of hydrogen-bond donors (Lipinski definition) is 2. The minimum atomic E-state index is -0.860. The molecule has 2 aromatic rings. The molecule has 1 unspecified atom stereocenters. The van der Waals surface area contributed by atoms with Gasteiger partial charge in [0, 0.05) is 19.5 Å². The van der Waals surface area contributed by atoms with Crippen LogP contribution in [-0.2, 0) is 16.2 Å². The summed E-state index contributed by atoms with van der Waals surface area (Å²) in [5.41, 5.74) is 6.57. The number of benzene rings is 1. The lowest BCUT2D eigenvalue weighted by Gasteiger charge is -2.26. The van der Waals surface area contributed by atoms with E-state index in [2.05, 4.69) is 17.1 Å². The van der Waals surface area contributed by atoms with Crippen LogP contribution in [0.2, 0.25) is 0 Å². The van der Waals surface area contributed by atoms with Gasteiger partial charge in [-0.25, -0.2) is 4.79 Å². The number of nitrogen functional groups attached to an aromatic ring is 1. The largest absolute Gasteiger partial charge is 0.383 e. The Morgan fingerprint density at radius 2 is 1.91 bits per heavy atom. The van der Waals surface area contributed by atoms with Crippen LogP contribution in [-0.4, -0.2) is 33.8 Å². The molecule has 2 heterocycles. The number of amides is 1. The molecule has 3 N–H and O–H groups in total. The van der Waals surface area contributed by atoms with Crippen LogP contribution >= 0.6 is 0 Å². The third-order valence-electron chi connectivity index (χ3n) is 5.52. The lowest BCUT2D eigenvalue weighted by atomic mass is 10.0. The van der Waals surface area contributed by atoms with Gasteiger partial charge < -0.3 is 15.5 Å². The predicted octanol–water partition coefficient (Wildman–Crippen LogP) is 2.64. The molecule has 3 rings (SSSR count). The van der Waals surface area contributed by atoms with Gasteiger partial charge in [0.2, 0.25) is 6.10 Å². The van der Waals surface area contributed by atoms with Gasteiger partial charge in [0.05, 0.1) is 5.71 Å². The first-order valence-corrected chi connectivity index (χ1v) is 11.2. The number of aromatic amines is 1. The number of nitrogens with zero attached hydrogens (tertiary/aromatic N) is 3. The number of carbonyl (C=O) groups excluding carboxylic acids is 1. The van der Waals surface area contributed by atoms with E-state index in [0.717, 1.165) is 31.2 Å². The van der Waals surface area contributed by atoms with Gasteiger partial charge in [0.1, 0.15) is 5.82 Å². The number of H-pyrrole nitrogens is 1. The van der Waals surface area contributed by atoms with Crippen LogP contribution in [0.1, 0.15) is 57.9 Å². The first-order valence-electron chi connectivity index (χ1n) is 11.2. The van der Waals surface area contributed by atoms with Gasteiger partial charge in [-0.2, -0.15) is 0 Å². The van der Waals surface area contributed by atoms with E-state index in [1.165, 1.54) is 9.47 Å². The number of aromatic nitrogens is 2. The molecule has 1 aliphatic heterocycles. The summed E-state index contributed by atoms with van der Waals surface area (Å²) in [5, 5.41) is 4.09. The summed E-state index contributed by atoms with van der Waals surface area (Å²) < 4.78 is 1.32. The molecule has 0 bridgehead atoms. The summed E-state index contributed by atoms with van der Waals surface area (Å²) in [6.07, 6.45) is 3.53. The van der Waals surface area contributed by atoms with Crippen molar-refractivity contribution in [2.75, 3.05) is 17.2 Å². The minimum absolute atomic E-state index is 0.000698. The van der Waals surface area contributed by atoms with Crippen molar-refractivity contribution in [2.24, 2.45) is 5.16 Å². The second-order valence-corrected chi connectivity index (χ2v) is 7.90. The molecule has 9 heteroatoms. The first-order chi connectivity index (χ1) is 15.5. The molecule has 1 amide bonds. The van der Waals surface area contributed by atoms with Gasteiger partial charge in [-0.1, -0.05) is 68.6 Å². The van der Waals surface area contributed by atoms with E-state index in [4.69, 9.17) is 10.6 Å². The molecule has 0 fully saturated rings. The average Bonchev–Trinajstić information content (AvgIpc) is 3.28. The quantitative estimate of drug-likeness (QED) is 0.549. The fourth-order valence-electron chi connectivity index (χ4n) is 3.71. The Morgan fingerprint density at radius 3 is 2.59 bits per heavy atom. The summed E-state index contributed by atoms with van der Waals surface area (Å²) in [6.45, 7) is 4.71. The number of unbranched alkanes of at least 4 members (excludes halogenated alkanes) is 3. The molecular weight excluding hydrogens is 410 g/mol. The molecule has 0 spiro atoms. The van der Waals surface area contributed by atoms with Crippen LogP contribution in [0.5, 0.6) is 0 Å². The van der Waals surface area contributed by atoms with Crippen molar-refractivity contribution >= 4 is 23.1 Å². The van der Waals surface area contributed by atoms with E-state index in [0.29, 0.717) is 31.6 Å². The van der Waals surface area contributed by atoms with Gasteiger partial charge in [-0.15, -0.1) is 0 Å². The Bertz CT molecular complexity index is 1070. The lowest BCUT2D eigenvalue weighted by molar-refractivity contribution is -0.128. The number of hydrogen-bond acceptors (Lipinski definition) is 6. The molecule has 0 saturated carbocycles. The summed E-state index contributed by atoms with van der Waals surface area (Å²) in [7, 11) is 0. The number of rotatable bonds is 10. The van der Waals surface area contributed by atoms with Crippen molar-refractivity contribution in [3.63, 3.8) is 0 Å². The molecule has 32 heavy (non-hydrogen) atoms. The van der Waals surface area contributed by atoms with Crippen LogP contribution in [0.4, 0.5) is 11.5 Å². The number of carbonyl (C=O) groups is 1. The zero-order valence-electron chi connectivity index (χ0n) is 18.7. The van der Waals surface area contributed by atoms with Crippen molar-refractivity contribution in [1.29, 1.82) is 0 Å². The van der Waals surface area contributed by atoms with E-state index in [1.807, 2.05) is 37.3 Å². The SMILES string of the molecule is CCCCCN(C(=O)C1CC(c2ccccc2)=NO1)c1c(N)n(CCCC)c(=O)[nH]c1=O. The highest BCUT2D eigenvalue weighted by atomic mass is 16.6. The summed E-state index contributed by atoms with van der Waals surface area (Å²) >= 11 is 0. The fraction of sp³-hybridized carbons (Fsp3) is 0.478. The molecule has 1 aromatic carbocycles. The Labute approximate surface area is 186 Å². The lowest BCUT2D eigenvalue weighted by Crippen LogP contribution is -2.45. The van der Waals surface area contributed by atoms with Crippen LogP contribution < -0.4 is 21.9 Å². The van der Waals surface area contributed by atoms with Crippen molar-refractivity contribution in [1.82, 2.24) is 9.55 Å². The third-order valence-corrected chi connectivity index (χ3v) is 5.52. The third kappa shape index (κ3) is 5.09. The second kappa shape index (κ2) is 10.8. The Kier molecular flexibility index (Phi) is 7.86. The smallest absolute Gasteiger partial charge is 0.330 e. The molecule has 1 aliphatic rings. The summed E-state index contributed by atoms with van der Waals surface area (Å²) in [5.74, 6) is -0.395. The van der Waals surface area contributed by atoms with E-state index in [-0.39, 0.29) is 11.5 Å². The highest BCUT2D eigenvalue weighted by molar-refractivity contribution is 6.07. The number of nitrogens with two attached hydrogens (primary N) is 1. The molecular formula is C23H31N5O4. The maximum atomic E-state index is 13.5. The van der Waals surface area contributed by atoms with Crippen LogP contribution in [0.3, 0.4) is 0 Å². The molecule has 1 aromatic heterocycles. The highest BCUT2D eigenvalue weighted by Gasteiger charge is 2.35. The molecule has 0 aliphatic carbocycles. The van der Waals surface area contributed by atoms with Crippen molar-refractivity contribution in [2.45, 2.75) is 65.0 Å². The van der Waals surface area contributed by atoms with Gasteiger partial charge in [0.15, 0.2) is 5.69 Å². The van der Waals surface area contributed by atoms with E-state index < -0.39 is 23.3 Å². The molecule has 172 valence electrons. The van der Waals surface area contributed by atoms with Gasteiger partial charge in [-0.05, 0) is 18.4 Å². The highest BCUT2D eigenvalue weighted by Crippen LogP contribution is 2.24. The zero-order chi connectivity index (χ0) is 23.1. The Hall–Kier alpha value is -3.36. The van der Waals surface area contributed by atoms with Crippen LogP contribution in [0.15, 0.2) is 45.1 Å². The normalized spacial score (nSPS) is 15.3. The van der Waals surface area contributed by atoms with E-state index in [1.54, 1.807) is 0 Å². The van der Waals surface area contributed by atoms with Crippen LogP contribution in [0, 0.1) is 0 Å². The van der Waals surface area contributed by atoms with Crippen molar-refractivity contribution in [3.05, 3.63) is 56.7 Å². The van der Waals surface area contributed by atoms with Crippen molar-refractivity contribution in [3.8, 4) is 0 Å². The number of anilines is 2. The predicted molar refractivity (Wildman–Crippen MR) is 125 cm³/mol. The topological polar surface area (TPSA) is 123 Å². The molecule has 0 radical (unpaired) electrons. The maximum Gasteiger partial charge on any atom is 0.330 e. The standard InChI is InChI=1S/C23H31N5O4/c1-3-5-10-14-27(19-20(24)28(13-6-4-2)23(31)25-21(19)29)22(30)18-15-17(26-32-18)16-11-8-7-9-12-16/h7-9,11-12,18H,3-6,10,13-15,24H2,1-2H3,(H,25,29,31). The van der Waals surface area contributed by atoms with E-state index >= 15 is 0 Å².